The minimum absolute atomic E-state index is 0.0522. The summed E-state index contributed by atoms with van der Waals surface area (Å²) in [6.07, 6.45) is 0.429. The van der Waals surface area contributed by atoms with Gasteiger partial charge in [0.2, 0.25) is 0 Å². The first kappa shape index (κ1) is 17.4. The van der Waals surface area contributed by atoms with Crippen LogP contribution in [-0.4, -0.2) is 36.5 Å². The van der Waals surface area contributed by atoms with Gasteiger partial charge in [0.1, 0.15) is 11.1 Å². The number of ether oxygens (including phenoxy) is 2. The van der Waals surface area contributed by atoms with Gasteiger partial charge in [0.25, 0.3) is 0 Å². The molecule has 6 nitrogen and oxygen atoms in total. The summed E-state index contributed by atoms with van der Waals surface area (Å²) >= 11 is 0. The number of hydrogen-bond acceptors (Lipinski definition) is 5. The Hall–Kier alpha value is -1.59. The van der Waals surface area contributed by atoms with Gasteiger partial charge >= 0.3 is 12.1 Å². The predicted octanol–water partition coefficient (Wildman–Crippen LogP) is 2.12. The standard InChI is InChI=1S/C13H24N2O4/c1-9(2)13(7-8-14,10(16)18-6)15-11(17)19-12(3,4)5/h8-9,14H,7H2,1-6H3,(H,15,17)/t13-/m1/s1. The molecule has 0 aliphatic carbocycles. The third kappa shape index (κ3) is 4.89. The highest BCUT2D eigenvalue weighted by atomic mass is 16.6. The van der Waals surface area contributed by atoms with Crippen molar-refractivity contribution in [3.63, 3.8) is 0 Å². The van der Waals surface area contributed by atoms with E-state index in [1.54, 1.807) is 34.6 Å². The summed E-state index contributed by atoms with van der Waals surface area (Å²) in [6.45, 7) is 8.75. The van der Waals surface area contributed by atoms with Gasteiger partial charge in [0, 0.05) is 6.42 Å². The van der Waals surface area contributed by atoms with E-state index in [0.29, 0.717) is 0 Å². The van der Waals surface area contributed by atoms with Gasteiger partial charge in [-0.05, 0) is 32.9 Å². The average molecular weight is 272 g/mol. The molecular formula is C13H24N2O4. The number of nitrogens with one attached hydrogen (secondary N) is 2. The molecule has 19 heavy (non-hydrogen) atoms. The van der Waals surface area contributed by atoms with Gasteiger partial charge in [-0.1, -0.05) is 13.8 Å². The van der Waals surface area contributed by atoms with E-state index in [2.05, 4.69) is 5.32 Å². The zero-order chi connectivity index (χ0) is 15.3. The van der Waals surface area contributed by atoms with Crippen LogP contribution in [-0.2, 0) is 14.3 Å². The van der Waals surface area contributed by atoms with Crippen LogP contribution >= 0.6 is 0 Å². The molecule has 0 aromatic rings. The number of hydrogen-bond donors (Lipinski definition) is 2. The summed E-state index contributed by atoms with van der Waals surface area (Å²) in [4.78, 5) is 23.8. The van der Waals surface area contributed by atoms with E-state index < -0.39 is 23.2 Å². The third-order valence-electron chi connectivity index (χ3n) is 2.68. The first-order valence-electron chi connectivity index (χ1n) is 6.17. The fourth-order valence-corrected chi connectivity index (χ4v) is 1.63. The van der Waals surface area contributed by atoms with Crippen molar-refractivity contribution in [2.24, 2.45) is 5.92 Å². The molecule has 0 bridgehead atoms. The van der Waals surface area contributed by atoms with Crippen molar-refractivity contribution in [1.82, 2.24) is 5.32 Å². The van der Waals surface area contributed by atoms with E-state index in [0.717, 1.165) is 6.21 Å². The molecule has 1 amide bonds. The van der Waals surface area contributed by atoms with Crippen molar-refractivity contribution in [3.8, 4) is 0 Å². The van der Waals surface area contributed by atoms with Crippen LogP contribution in [0.25, 0.3) is 0 Å². The largest absolute Gasteiger partial charge is 0.467 e. The van der Waals surface area contributed by atoms with Gasteiger partial charge in [0.15, 0.2) is 0 Å². The number of esters is 1. The molecule has 2 N–H and O–H groups in total. The van der Waals surface area contributed by atoms with E-state index in [1.807, 2.05) is 0 Å². The van der Waals surface area contributed by atoms with Crippen LogP contribution in [0, 0.1) is 11.3 Å². The summed E-state index contributed by atoms with van der Waals surface area (Å²) in [5.74, 6) is -0.828. The van der Waals surface area contributed by atoms with Crippen molar-refractivity contribution in [2.45, 2.75) is 52.2 Å². The average Bonchev–Trinajstić information content (AvgIpc) is 2.24. The number of amides is 1. The predicted molar refractivity (Wildman–Crippen MR) is 72.4 cm³/mol. The normalized spacial score (nSPS) is 14.5. The number of alkyl carbamates (subject to hydrolysis) is 1. The van der Waals surface area contributed by atoms with Crippen molar-refractivity contribution in [3.05, 3.63) is 0 Å². The Bertz CT molecular complexity index is 347. The van der Waals surface area contributed by atoms with Crippen LogP contribution in [0.1, 0.15) is 41.0 Å². The highest BCUT2D eigenvalue weighted by Crippen LogP contribution is 2.23. The lowest BCUT2D eigenvalue weighted by Gasteiger charge is -2.35. The number of carbonyl (C=O) groups excluding carboxylic acids is 2. The lowest BCUT2D eigenvalue weighted by Crippen LogP contribution is -2.59. The Balaban J connectivity index is 5.20. The molecule has 0 aliphatic heterocycles. The summed E-state index contributed by atoms with van der Waals surface area (Å²) in [7, 11) is 1.25. The molecule has 0 saturated carbocycles. The molecule has 0 radical (unpaired) electrons. The van der Waals surface area contributed by atoms with Crippen LogP contribution in [0.3, 0.4) is 0 Å². The smallest absolute Gasteiger partial charge is 0.408 e. The second kappa shape index (κ2) is 6.54. The van der Waals surface area contributed by atoms with Crippen LogP contribution < -0.4 is 5.32 Å². The number of carbonyl (C=O) groups is 2. The number of rotatable bonds is 5. The Morgan fingerprint density at radius 3 is 2.16 bits per heavy atom. The SMILES string of the molecule is COC(=O)[C@](CC=N)(NC(=O)OC(C)(C)C)C(C)C. The Morgan fingerprint density at radius 1 is 1.32 bits per heavy atom. The minimum atomic E-state index is -1.28. The monoisotopic (exact) mass is 272 g/mol. The molecule has 0 unspecified atom stereocenters. The molecular weight excluding hydrogens is 248 g/mol. The lowest BCUT2D eigenvalue weighted by molar-refractivity contribution is -0.150. The molecule has 0 fully saturated rings. The van der Waals surface area contributed by atoms with Gasteiger partial charge in [0.05, 0.1) is 7.11 Å². The molecule has 0 spiro atoms. The first-order valence-corrected chi connectivity index (χ1v) is 6.17. The van der Waals surface area contributed by atoms with E-state index in [-0.39, 0.29) is 12.3 Å². The van der Waals surface area contributed by atoms with Crippen LogP contribution in [0.4, 0.5) is 4.79 Å². The zero-order valence-electron chi connectivity index (χ0n) is 12.5. The molecule has 0 rings (SSSR count). The molecule has 0 aliphatic rings. The van der Waals surface area contributed by atoms with Crippen LogP contribution in [0.15, 0.2) is 0 Å². The molecule has 110 valence electrons. The van der Waals surface area contributed by atoms with Crippen molar-refractivity contribution < 1.29 is 19.1 Å². The van der Waals surface area contributed by atoms with Gasteiger partial charge in [-0.25, -0.2) is 9.59 Å². The zero-order valence-corrected chi connectivity index (χ0v) is 12.5. The van der Waals surface area contributed by atoms with E-state index in [4.69, 9.17) is 14.9 Å². The Kier molecular flexibility index (Phi) is 5.99. The van der Waals surface area contributed by atoms with Crippen molar-refractivity contribution >= 4 is 18.3 Å². The third-order valence-corrected chi connectivity index (χ3v) is 2.68. The topological polar surface area (TPSA) is 88.5 Å². The maximum atomic E-state index is 12.0. The lowest BCUT2D eigenvalue weighted by atomic mass is 9.83. The van der Waals surface area contributed by atoms with E-state index >= 15 is 0 Å². The molecule has 0 heterocycles. The van der Waals surface area contributed by atoms with E-state index in [9.17, 15) is 9.59 Å². The summed E-state index contributed by atoms with van der Waals surface area (Å²) < 4.78 is 9.90. The van der Waals surface area contributed by atoms with Gasteiger partial charge in [-0.3, -0.25) is 0 Å². The van der Waals surface area contributed by atoms with Crippen LogP contribution in [0.2, 0.25) is 0 Å². The van der Waals surface area contributed by atoms with Crippen molar-refractivity contribution in [1.29, 1.82) is 5.41 Å². The second-order valence-corrected chi connectivity index (χ2v) is 5.65. The maximum Gasteiger partial charge on any atom is 0.408 e. The molecule has 6 heteroatoms. The fraction of sp³-hybridized carbons (Fsp3) is 0.769. The van der Waals surface area contributed by atoms with Gasteiger partial charge in [-0.2, -0.15) is 0 Å². The molecule has 1 atom stereocenters. The Morgan fingerprint density at radius 2 is 1.84 bits per heavy atom. The van der Waals surface area contributed by atoms with Crippen LogP contribution in [0.5, 0.6) is 0 Å². The highest BCUT2D eigenvalue weighted by Gasteiger charge is 2.44. The molecule has 0 aromatic heterocycles. The van der Waals surface area contributed by atoms with Gasteiger partial charge < -0.3 is 20.2 Å². The van der Waals surface area contributed by atoms with Gasteiger partial charge in [-0.15, -0.1) is 0 Å². The molecule has 0 saturated heterocycles. The Labute approximate surface area is 114 Å². The van der Waals surface area contributed by atoms with Crippen molar-refractivity contribution in [2.75, 3.05) is 7.11 Å². The number of methoxy groups -OCH3 is 1. The quantitative estimate of drug-likeness (QED) is 0.592. The fourth-order valence-electron chi connectivity index (χ4n) is 1.63. The van der Waals surface area contributed by atoms with E-state index in [1.165, 1.54) is 7.11 Å². The minimum Gasteiger partial charge on any atom is -0.467 e. The summed E-state index contributed by atoms with van der Waals surface area (Å²) in [5, 5.41) is 9.77. The first-order chi connectivity index (χ1) is 8.59. The second-order valence-electron chi connectivity index (χ2n) is 5.65. The summed E-state index contributed by atoms with van der Waals surface area (Å²) in [5.41, 5.74) is -1.94. The summed E-state index contributed by atoms with van der Waals surface area (Å²) in [6, 6.07) is 0. The highest BCUT2D eigenvalue weighted by molar-refractivity contribution is 5.88. The molecule has 0 aromatic carbocycles. The maximum absolute atomic E-state index is 12.0.